The number of halogens is 3. The first-order chi connectivity index (χ1) is 15.5. The molecule has 0 N–H and O–H groups in total. The van der Waals surface area contributed by atoms with E-state index in [-0.39, 0.29) is 5.56 Å². The fourth-order valence-corrected chi connectivity index (χ4v) is 4.16. The molecule has 1 heterocycles. The van der Waals surface area contributed by atoms with E-state index in [2.05, 4.69) is 26.0 Å². The zero-order valence-electron chi connectivity index (χ0n) is 17.1. The Hall–Kier alpha value is -2.67. The predicted molar refractivity (Wildman–Crippen MR) is 133 cm³/mol. The van der Waals surface area contributed by atoms with Crippen LogP contribution in [0, 0.1) is 0 Å². The SMILES string of the molecule is CCc1nc2ccc(Br)cc2c(=O)n1N=Cc1cc(Cl)c(OCc2ccccc2)c(Cl)c1. The third-order valence-corrected chi connectivity index (χ3v) is 5.82. The molecule has 0 atom stereocenters. The Morgan fingerprint density at radius 1 is 1.09 bits per heavy atom. The van der Waals surface area contributed by atoms with E-state index in [1.165, 1.54) is 10.9 Å². The molecule has 0 radical (unpaired) electrons. The molecule has 3 aromatic carbocycles. The van der Waals surface area contributed by atoms with E-state index in [0.717, 1.165) is 10.0 Å². The zero-order chi connectivity index (χ0) is 22.7. The number of benzene rings is 3. The number of aromatic nitrogens is 2. The van der Waals surface area contributed by atoms with Gasteiger partial charge in [-0.25, -0.2) is 4.98 Å². The second kappa shape index (κ2) is 9.86. The molecule has 0 saturated heterocycles. The second-order valence-electron chi connectivity index (χ2n) is 6.99. The summed E-state index contributed by atoms with van der Waals surface area (Å²) in [5.41, 5.74) is 2.03. The minimum atomic E-state index is -0.246. The van der Waals surface area contributed by atoms with Crippen LogP contribution in [0.3, 0.4) is 0 Å². The average molecular weight is 531 g/mol. The van der Waals surface area contributed by atoms with Crippen LogP contribution in [0.25, 0.3) is 10.9 Å². The van der Waals surface area contributed by atoms with Crippen molar-refractivity contribution in [3.8, 4) is 5.75 Å². The van der Waals surface area contributed by atoms with Gasteiger partial charge in [0, 0.05) is 10.9 Å². The minimum absolute atomic E-state index is 0.246. The lowest BCUT2D eigenvalue weighted by Crippen LogP contribution is -2.22. The van der Waals surface area contributed by atoms with Crippen LogP contribution in [0.1, 0.15) is 23.9 Å². The van der Waals surface area contributed by atoms with Gasteiger partial charge in [-0.15, -0.1) is 0 Å². The molecule has 162 valence electrons. The zero-order valence-corrected chi connectivity index (χ0v) is 20.2. The summed E-state index contributed by atoms with van der Waals surface area (Å²) in [5, 5.41) is 5.58. The van der Waals surface area contributed by atoms with Gasteiger partial charge in [0.25, 0.3) is 5.56 Å². The molecule has 0 amide bonds. The van der Waals surface area contributed by atoms with Gasteiger partial charge in [0.2, 0.25) is 0 Å². The van der Waals surface area contributed by atoms with E-state index in [9.17, 15) is 4.79 Å². The fourth-order valence-electron chi connectivity index (χ4n) is 3.19. The van der Waals surface area contributed by atoms with Crippen molar-refractivity contribution in [1.82, 2.24) is 9.66 Å². The number of hydrogen-bond donors (Lipinski definition) is 0. The van der Waals surface area contributed by atoms with Gasteiger partial charge in [0.15, 0.2) is 5.75 Å². The third kappa shape index (κ3) is 4.88. The summed E-state index contributed by atoms with van der Waals surface area (Å²) in [4.78, 5) is 17.6. The Morgan fingerprint density at radius 2 is 1.81 bits per heavy atom. The summed E-state index contributed by atoms with van der Waals surface area (Å²) in [6, 6.07) is 18.5. The van der Waals surface area contributed by atoms with Gasteiger partial charge in [0.1, 0.15) is 12.4 Å². The van der Waals surface area contributed by atoms with E-state index < -0.39 is 0 Å². The van der Waals surface area contributed by atoms with Gasteiger partial charge < -0.3 is 4.74 Å². The molecule has 0 aliphatic carbocycles. The molecule has 0 bridgehead atoms. The highest BCUT2D eigenvalue weighted by atomic mass is 79.9. The van der Waals surface area contributed by atoms with Crippen LogP contribution in [0.15, 0.2) is 75.0 Å². The Morgan fingerprint density at radius 3 is 2.50 bits per heavy atom. The van der Waals surface area contributed by atoms with Crippen molar-refractivity contribution in [2.75, 3.05) is 0 Å². The van der Waals surface area contributed by atoms with E-state index >= 15 is 0 Å². The summed E-state index contributed by atoms with van der Waals surface area (Å²) < 4.78 is 7.91. The predicted octanol–water partition coefficient (Wildman–Crippen LogP) is 6.49. The summed E-state index contributed by atoms with van der Waals surface area (Å²) in [7, 11) is 0. The van der Waals surface area contributed by atoms with E-state index in [1.807, 2.05) is 49.4 Å². The Bertz CT molecular complexity index is 1350. The average Bonchev–Trinajstić information content (AvgIpc) is 2.79. The number of nitrogens with zero attached hydrogens (tertiary/aromatic N) is 3. The van der Waals surface area contributed by atoms with Crippen molar-refractivity contribution in [3.05, 3.63) is 102 Å². The van der Waals surface area contributed by atoms with Crippen LogP contribution in [-0.4, -0.2) is 15.9 Å². The summed E-state index contributed by atoms with van der Waals surface area (Å²) >= 11 is 16.2. The van der Waals surface area contributed by atoms with Crippen molar-refractivity contribution in [2.24, 2.45) is 5.10 Å². The third-order valence-electron chi connectivity index (χ3n) is 4.76. The maximum Gasteiger partial charge on any atom is 0.282 e. The van der Waals surface area contributed by atoms with Crippen LogP contribution in [0.4, 0.5) is 0 Å². The monoisotopic (exact) mass is 529 g/mol. The molecule has 5 nitrogen and oxygen atoms in total. The van der Waals surface area contributed by atoms with Crippen LogP contribution >= 0.6 is 39.1 Å². The van der Waals surface area contributed by atoms with E-state index in [0.29, 0.717) is 51.1 Å². The maximum atomic E-state index is 13.0. The number of fused-ring (bicyclic) bond motifs is 1. The standard InChI is InChI=1S/C24H18BrCl2N3O2/c1-2-22-29-21-9-8-17(25)12-18(21)24(31)30(22)28-13-16-10-19(26)23(20(27)11-16)32-14-15-6-4-3-5-7-15/h3-13H,2,14H2,1H3. The summed E-state index contributed by atoms with van der Waals surface area (Å²) in [6.45, 7) is 2.27. The highest BCUT2D eigenvalue weighted by Crippen LogP contribution is 2.34. The first-order valence-corrected chi connectivity index (χ1v) is 11.4. The second-order valence-corrected chi connectivity index (χ2v) is 8.72. The number of hydrogen-bond acceptors (Lipinski definition) is 4. The topological polar surface area (TPSA) is 56.5 Å². The summed E-state index contributed by atoms with van der Waals surface area (Å²) in [6.07, 6.45) is 2.08. The van der Waals surface area contributed by atoms with Crippen molar-refractivity contribution in [2.45, 2.75) is 20.0 Å². The van der Waals surface area contributed by atoms with E-state index in [1.54, 1.807) is 18.2 Å². The molecule has 4 rings (SSSR count). The lowest BCUT2D eigenvalue weighted by Gasteiger charge is -2.11. The highest BCUT2D eigenvalue weighted by Gasteiger charge is 2.12. The molecule has 0 unspecified atom stereocenters. The molecule has 0 fully saturated rings. The lowest BCUT2D eigenvalue weighted by molar-refractivity contribution is 0.306. The first kappa shape index (κ1) is 22.5. The van der Waals surface area contributed by atoms with Crippen LogP contribution in [0.2, 0.25) is 10.0 Å². The minimum Gasteiger partial charge on any atom is -0.486 e. The Labute approximate surface area is 203 Å². The molecule has 0 spiro atoms. The van der Waals surface area contributed by atoms with Gasteiger partial charge in [-0.3, -0.25) is 4.79 Å². The van der Waals surface area contributed by atoms with Crippen molar-refractivity contribution in [3.63, 3.8) is 0 Å². The molecular weight excluding hydrogens is 513 g/mol. The molecule has 0 saturated carbocycles. The highest BCUT2D eigenvalue weighted by molar-refractivity contribution is 9.10. The molecule has 0 aliphatic heterocycles. The van der Waals surface area contributed by atoms with Crippen LogP contribution < -0.4 is 10.3 Å². The van der Waals surface area contributed by atoms with Crippen molar-refractivity contribution < 1.29 is 4.74 Å². The van der Waals surface area contributed by atoms with Crippen molar-refractivity contribution in [1.29, 1.82) is 0 Å². The molecule has 0 aliphatic rings. The van der Waals surface area contributed by atoms with Gasteiger partial charge in [0.05, 0.1) is 27.2 Å². The number of ether oxygens (including phenoxy) is 1. The first-order valence-electron chi connectivity index (χ1n) is 9.87. The van der Waals surface area contributed by atoms with Gasteiger partial charge >= 0.3 is 0 Å². The Balaban J connectivity index is 1.64. The molecule has 32 heavy (non-hydrogen) atoms. The molecular formula is C24H18BrCl2N3O2. The smallest absolute Gasteiger partial charge is 0.282 e. The number of aryl methyl sites for hydroxylation is 1. The van der Waals surface area contributed by atoms with Gasteiger partial charge in [-0.1, -0.05) is 76.4 Å². The summed E-state index contributed by atoms with van der Waals surface area (Å²) in [5.74, 6) is 0.957. The van der Waals surface area contributed by atoms with Crippen LogP contribution in [0.5, 0.6) is 5.75 Å². The van der Waals surface area contributed by atoms with Crippen molar-refractivity contribution >= 4 is 56.2 Å². The molecule has 8 heteroatoms. The molecule has 4 aromatic rings. The maximum absolute atomic E-state index is 13.0. The number of rotatable bonds is 6. The van der Waals surface area contributed by atoms with Gasteiger partial charge in [-0.05, 0) is 41.5 Å². The van der Waals surface area contributed by atoms with Crippen LogP contribution in [-0.2, 0) is 13.0 Å². The normalized spacial score (nSPS) is 11.4. The fraction of sp³-hybridized carbons (Fsp3) is 0.125. The largest absolute Gasteiger partial charge is 0.486 e. The van der Waals surface area contributed by atoms with E-state index in [4.69, 9.17) is 27.9 Å². The lowest BCUT2D eigenvalue weighted by atomic mass is 10.2. The van der Waals surface area contributed by atoms with Gasteiger partial charge in [-0.2, -0.15) is 9.78 Å². The Kier molecular flexibility index (Phi) is 6.94. The molecule has 1 aromatic heterocycles. The quantitative estimate of drug-likeness (QED) is 0.268.